The predicted octanol–water partition coefficient (Wildman–Crippen LogP) is 4.60. The number of carbonyl (C=O) groups excluding carboxylic acids is 1. The van der Waals surface area contributed by atoms with Crippen molar-refractivity contribution in [2.24, 2.45) is 0 Å². The van der Waals surface area contributed by atoms with Crippen molar-refractivity contribution in [2.75, 3.05) is 0 Å². The lowest BCUT2D eigenvalue weighted by atomic mass is 10.1. The zero-order valence-corrected chi connectivity index (χ0v) is 12.0. The predicted molar refractivity (Wildman–Crippen MR) is 79.8 cm³/mol. The van der Waals surface area contributed by atoms with Crippen LogP contribution in [0.1, 0.15) is 51.5 Å². The maximum atomic E-state index is 11.7. The first-order valence-electron chi connectivity index (χ1n) is 7.20. The summed E-state index contributed by atoms with van der Waals surface area (Å²) in [5, 5.41) is 0. The van der Waals surface area contributed by atoms with Gasteiger partial charge < -0.3 is 4.74 Å². The monoisotopic (exact) mass is 260 g/mol. The smallest absolute Gasteiger partial charge is 0.331 e. The second-order valence-corrected chi connectivity index (χ2v) is 4.71. The summed E-state index contributed by atoms with van der Waals surface area (Å²) in [5.41, 5.74) is 1.01. The Balaban J connectivity index is 2.38. The summed E-state index contributed by atoms with van der Waals surface area (Å²) in [6.45, 7) is 4.24. The minimum atomic E-state index is -0.243. The zero-order valence-electron chi connectivity index (χ0n) is 12.0. The van der Waals surface area contributed by atoms with Crippen LogP contribution in [0.15, 0.2) is 36.4 Å². The molecule has 0 saturated carbocycles. The van der Waals surface area contributed by atoms with E-state index in [4.69, 9.17) is 4.74 Å². The van der Waals surface area contributed by atoms with Crippen LogP contribution in [0.25, 0.3) is 6.08 Å². The Morgan fingerprint density at radius 2 is 1.95 bits per heavy atom. The molecule has 1 aromatic rings. The van der Waals surface area contributed by atoms with Crippen LogP contribution in [0.2, 0.25) is 0 Å². The van der Waals surface area contributed by atoms with Crippen LogP contribution >= 0.6 is 0 Å². The van der Waals surface area contributed by atoms with E-state index in [0.717, 1.165) is 24.8 Å². The molecule has 1 aromatic carbocycles. The molecule has 0 saturated heterocycles. The van der Waals surface area contributed by atoms with Gasteiger partial charge in [-0.3, -0.25) is 0 Å². The van der Waals surface area contributed by atoms with E-state index in [0.29, 0.717) is 0 Å². The number of hydrogen-bond donors (Lipinski definition) is 0. The highest BCUT2D eigenvalue weighted by Crippen LogP contribution is 2.11. The van der Waals surface area contributed by atoms with Gasteiger partial charge in [0.1, 0.15) is 6.10 Å². The molecule has 1 atom stereocenters. The Bertz CT molecular complexity index is 382. The average Bonchev–Trinajstić information content (AvgIpc) is 2.45. The normalized spacial score (nSPS) is 12.5. The van der Waals surface area contributed by atoms with Gasteiger partial charge in [0.2, 0.25) is 0 Å². The Hall–Kier alpha value is -1.57. The van der Waals surface area contributed by atoms with Crippen LogP contribution in [0.3, 0.4) is 0 Å². The molecular formula is C17H24O2. The number of benzene rings is 1. The number of esters is 1. The van der Waals surface area contributed by atoms with Crippen molar-refractivity contribution in [1.29, 1.82) is 0 Å². The molecule has 1 rings (SSSR count). The summed E-state index contributed by atoms with van der Waals surface area (Å²) in [6, 6.07) is 9.77. The number of rotatable bonds is 8. The van der Waals surface area contributed by atoms with Crippen LogP contribution in [0.4, 0.5) is 0 Å². The van der Waals surface area contributed by atoms with Crippen molar-refractivity contribution >= 4 is 12.0 Å². The molecule has 0 aromatic heterocycles. The molecule has 0 bridgehead atoms. The summed E-state index contributed by atoms with van der Waals surface area (Å²) >= 11 is 0. The Kier molecular flexibility index (Phi) is 7.64. The summed E-state index contributed by atoms with van der Waals surface area (Å²) in [6.07, 6.45) is 8.74. The SMILES string of the molecule is CCCCCC(CC)OC(=O)C=Cc1ccccc1. The van der Waals surface area contributed by atoms with Crippen LogP contribution in [0, 0.1) is 0 Å². The maximum Gasteiger partial charge on any atom is 0.331 e. The number of carbonyl (C=O) groups is 1. The molecule has 0 spiro atoms. The largest absolute Gasteiger partial charge is 0.459 e. The highest BCUT2D eigenvalue weighted by atomic mass is 16.5. The third-order valence-corrected chi connectivity index (χ3v) is 3.08. The second kappa shape index (κ2) is 9.37. The van der Waals surface area contributed by atoms with Crippen molar-refractivity contribution in [1.82, 2.24) is 0 Å². The first-order valence-corrected chi connectivity index (χ1v) is 7.20. The fourth-order valence-corrected chi connectivity index (χ4v) is 1.90. The van der Waals surface area contributed by atoms with Crippen molar-refractivity contribution in [3.05, 3.63) is 42.0 Å². The van der Waals surface area contributed by atoms with Crippen molar-refractivity contribution in [3.8, 4) is 0 Å². The van der Waals surface area contributed by atoms with E-state index < -0.39 is 0 Å². The summed E-state index contributed by atoms with van der Waals surface area (Å²) in [4.78, 5) is 11.7. The lowest BCUT2D eigenvalue weighted by Crippen LogP contribution is -2.15. The fraction of sp³-hybridized carbons (Fsp3) is 0.471. The van der Waals surface area contributed by atoms with Gasteiger partial charge in [-0.15, -0.1) is 0 Å². The molecule has 0 aliphatic heterocycles. The molecule has 0 fully saturated rings. The summed E-state index contributed by atoms with van der Waals surface area (Å²) in [7, 11) is 0. The van der Waals surface area contributed by atoms with E-state index in [1.54, 1.807) is 6.08 Å². The molecule has 0 heterocycles. The lowest BCUT2D eigenvalue weighted by Gasteiger charge is -2.14. The first-order chi connectivity index (χ1) is 9.26. The molecule has 1 unspecified atom stereocenters. The van der Waals surface area contributed by atoms with Crippen molar-refractivity contribution in [2.45, 2.75) is 52.1 Å². The van der Waals surface area contributed by atoms with Gasteiger partial charge in [-0.05, 0) is 30.9 Å². The highest BCUT2D eigenvalue weighted by Gasteiger charge is 2.09. The molecule has 0 aliphatic carbocycles. The third kappa shape index (κ3) is 6.80. The lowest BCUT2D eigenvalue weighted by molar-refractivity contribution is -0.143. The van der Waals surface area contributed by atoms with Crippen LogP contribution in [-0.2, 0) is 9.53 Å². The van der Waals surface area contributed by atoms with Gasteiger partial charge in [-0.2, -0.15) is 0 Å². The molecule has 0 radical (unpaired) electrons. The van der Waals surface area contributed by atoms with E-state index in [1.165, 1.54) is 18.9 Å². The Morgan fingerprint density at radius 1 is 1.21 bits per heavy atom. The van der Waals surface area contributed by atoms with E-state index >= 15 is 0 Å². The van der Waals surface area contributed by atoms with E-state index in [2.05, 4.69) is 13.8 Å². The van der Waals surface area contributed by atoms with Crippen LogP contribution in [-0.4, -0.2) is 12.1 Å². The molecule has 0 amide bonds. The summed E-state index contributed by atoms with van der Waals surface area (Å²) < 4.78 is 5.44. The van der Waals surface area contributed by atoms with Gasteiger partial charge in [0.25, 0.3) is 0 Å². The van der Waals surface area contributed by atoms with E-state index in [1.807, 2.05) is 30.3 Å². The molecule has 104 valence electrons. The number of ether oxygens (including phenoxy) is 1. The maximum absolute atomic E-state index is 11.7. The number of unbranched alkanes of at least 4 members (excludes halogenated alkanes) is 2. The van der Waals surface area contributed by atoms with Crippen LogP contribution < -0.4 is 0 Å². The van der Waals surface area contributed by atoms with Gasteiger partial charge >= 0.3 is 5.97 Å². The van der Waals surface area contributed by atoms with E-state index in [-0.39, 0.29) is 12.1 Å². The van der Waals surface area contributed by atoms with Crippen molar-refractivity contribution in [3.63, 3.8) is 0 Å². The van der Waals surface area contributed by atoms with Gasteiger partial charge in [0, 0.05) is 6.08 Å². The molecule has 0 aliphatic rings. The van der Waals surface area contributed by atoms with E-state index in [9.17, 15) is 4.79 Å². The molecule has 2 heteroatoms. The summed E-state index contributed by atoms with van der Waals surface area (Å²) in [5.74, 6) is -0.243. The van der Waals surface area contributed by atoms with Gasteiger partial charge in [0.05, 0.1) is 0 Å². The topological polar surface area (TPSA) is 26.3 Å². The van der Waals surface area contributed by atoms with Gasteiger partial charge in [-0.1, -0.05) is 57.0 Å². The molecular weight excluding hydrogens is 236 g/mol. The molecule has 0 N–H and O–H groups in total. The first kappa shape index (κ1) is 15.5. The third-order valence-electron chi connectivity index (χ3n) is 3.08. The minimum Gasteiger partial charge on any atom is -0.459 e. The molecule has 2 nitrogen and oxygen atoms in total. The minimum absolute atomic E-state index is 0.0551. The second-order valence-electron chi connectivity index (χ2n) is 4.71. The quantitative estimate of drug-likeness (QED) is 0.388. The van der Waals surface area contributed by atoms with Crippen LogP contribution in [0.5, 0.6) is 0 Å². The Morgan fingerprint density at radius 3 is 2.58 bits per heavy atom. The number of hydrogen-bond acceptors (Lipinski definition) is 2. The Labute approximate surface area is 116 Å². The van der Waals surface area contributed by atoms with Gasteiger partial charge in [0.15, 0.2) is 0 Å². The van der Waals surface area contributed by atoms with Crippen molar-refractivity contribution < 1.29 is 9.53 Å². The average molecular weight is 260 g/mol. The van der Waals surface area contributed by atoms with Gasteiger partial charge in [-0.25, -0.2) is 4.79 Å². The highest BCUT2D eigenvalue weighted by molar-refractivity contribution is 5.87. The standard InChI is InChI=1S/C17H24O2/c1-3-5-7-12-16(4-2)19-17(18)14-13-15-10-8-6-9-11-15/h6,8-11,13-14,16H,3-5,7,12H2,1-2H3. The fourth-order valence-electron chi connectivity index (χ4n) is 1.90. The molecule has 19 heavy (non-hydrogen) atoms. The zero-order chi connectivity index (χ0) is 13.9.